The van der Waals surface area contributed by atoms with Crippen molar-refractivity contribution in [1.82, 2.24) is 0 Å². The maximum absolute atomic E-state index is 13.7. The third kappa shape index (κ3) is 3.74. The van der Waals surface area contributed by atoms with E-state index < -0.39 is 17.6 Å². The Bertz CT molecular complexity index is 591. The summed E-state index contributed by atoms with van der Waals surface area (Å²) in [5.41, 5.74) is 0.736. The average Bonchev–Trinajstić information content (AvgIpc) is 2.40. The number of amides is 1. The van der Waals surface area contributed by atoms with Gasteiger partial charge in [0.15, 0.2) is 0 Å². The first kappa shape index (κ1) is 13.0. The molecule has 0 aliphatic heterocycles. The van der Waals surface area contributed by atoms with E-state index in [9.17, 15) is 13.6 Å². The molecule has 0 radical (unpaired) electrons. The molecule has 0 bridgehead atoms. The van der Waals surface area contributed by atoms with Gasteiger partial charge in [0.05, 0.1) is 0 Å². The molecule has 2 aromatic rings. The number of hydrogen-bond donors (Lipinski definition) is 1. The van der Waals surface area contributed by atoms with Crippen LogP contribution in [-0.4, -0.2) is 5.91 Å². The Hall–Kier alpha value is -2.49. The molecule has 0 saturated heterocycles. The fourth-order valence-electron chi connectivity index (χ4n) is 1.51. The predicted octanol–water partition coefficient (Wildman–Crippen LogP) is 3.77. The Kier molecular flexibility index (Phi) is 4.03. The fraction of sp³-hybridized carbons (Fsp3) is 0. The van der Waals surface area contributed by atoms with Gasteiger partial charge in [0.2, 0.25) is 0 Å². The van der Waals surface area contributed by atoms with Crippen LogP contribution in [0.3, 0.4) is 0 Å². The van der Waals surface area contributed by atoms with Crippen molar-refractivity contribution in [1.29, 1.82) is 0 Å². The molecule has 0 unspecified atom stereocenters. The van der Waals surface area contributed by atoms with Crippen molar-refractivity contribution >= 4 is 17.4 Å². The van der Waals surface area contributed by atoms with Crippen molar-refractivity contribution in [3.63, 3.8) is 0 Å². The molecule has 1 amide bonds. The molecule has 0 fully saturated rings. The van der Waals surface area contributed by atoms with Crippen molar-refractivity contribution in [3.05, 3.63) is 72.1 Å². The number of hydrogen-bond acceptors (Lipinski definition) is 1. The number of carbonyl (C=O) groups excluding carboxylic acids is 1. The Balaban J connectivity index is 2.08. The zero-order valence-electron chi connectivity index (χ0n) is 9.94. The van der Waals surface area contributed by atoms with Crippen LogP contribution in [0.1, 0.15) is 5.56 Å². The van der Waals surface area contributed by atoms with E-state index in [1.54, 1.807) is 24.3 Å². The normalized spacial score (nSPS) is 11.2. The second-order valence-electron chi connectivity index (χ2n) is 3.85. The molecule has 4 heteroatoms. The Morgan fingerprint density at radius 2 is 1.63 bits per heavy atom. The molecule has 0 aliphatic rings. The molecule has 0 spiro atoms. The van der Waals surface area contributed by atoms with E-state index in [-0.39, 0.29) is 5.56 Å². The van der Waals surface area contributed by atoms with Gasteiger partial charge in [-0.05, 0) is 36.4 Å². The molecule has 96 valence electrons. The summed E-state index contributed by atoms with van der Waals surface area (Å²) in [6.07, 6.45) is 0.834. The molecule has 2 aromatic carbocycles. The first-order valence-electron chi connectivity index (χ1n) is 5.64. The van der Waals surface area contributed by atoms with Crippen molar-refractivity contribution in [3.8, 4) is 0 Å². The summed E-state index contributed by atoms with van der Waals surface area (Å²) in [4.78, 5) is 11.6. The molecule has 0 aliphatic carbocycles. The van der Waals surface area contributed by atoms with Crippen LogP contribution in [-0.2, 0) is 4.79 Å². The summed E-state index contributed by atoms with van der Waals surface area (Å²) in [6, 6.07) is 13.5. The highest BCUT2D eigenvalue weighted by molar-refractivity contribution is 6.03. The summed E-state index contributed by atoms with van der Waals surface area (Å²) in [5, 5.41) is 2.52. The number of para-hydroxylation sites is 1. The zero-order chi connectivity index (χ0) is 13.7. The van der Waals surface area contributed by atoms with Gasteiger partial charge >= 0.3 is 0 Å². The molecular formula is C15H11F2NO. The van der Waals surface area contributed by atoms with Crippen molar-refractivity contribution in [2.45, 2.75) is 0 Å². The van der Waals surface area contributed by atoms with Gasteiger partial charge in [0.25, 0.3) is 5.91 Å². The van der Waals surface area contributed by atoms with Crippen LogP contribution >= 0.6 is 0 Å². The smallest absolute Gasteiger partial charge is 0.251 e. The van der Waals surface area contributed by atoms with Crippen LogP contribution in [0.15, 0.2) is 60.7 Å². The van der Waals surface area contributed by atoms with E-state index in [0.29, 0.717) is 5.69 Å². The van der Waals surface area contributed by atoms with Gasteiger partial charge in [0.1, 0.15) is 11.6 Å². The van der Waals surface area contributed by atoms with E-state index >= 15 is 0 Å². The topological polar surface area (TPSA) is 29.1 Å². The molecular weight excluding hydrogens is 248 g/mol. The second kappa shape index (κ2) is 5.91. The first-order chi connectivity index (χ1) is 9.15. The number of anilines is 1. The van der Waals surface area contributed by atoms with Gasteiger partial charge in [-0.25, -0.2) is 8.78 Å². The van der Waals surface area contributed by atoms with Gasteiger partial charge in [-0.15, -0.1) is 0 Å². The molecule has 0 saturated carbocycles. The number of benzene rings is 2. The lowest BCUT2D eigenvalue weighted by atomic mass is 10.2. The summed E-state index contributed by atoms with van der Waals surface area (Å²) in [7, 11) is 0. The highest BCUT2D eigenvalue weighted by Crippen LogP contribution is 2.16. The molecule has 0 heterocycles. The molecule has 2 nitrogen and oxygen atoms in total. The van der Waals surface area contributed by atoms with Crippen LogP contribution in [0, 0.1) is 5.82 Å². The lowest BCUT2D eigenvalue weighted by Gasteiger charge is -2.02. The minimum Gasteiger partial charge on any atom is -0.322 e. The van der Waals surface area contributed by atoms with Crippen LogP contribution < -0.4 is 5.32 Å². The summed E-state index contributed by atoms with van der Waals surface area (Å²) in [5.74, 6) is -1.74. The van der Waals surface area contributed by atoms with E-state index in [1.807, 2.05) is 6.07 Å². The molecule has 2 rings (SSSR count). The maximum atomic E-state index is 13.7. The van der Waals surface area contributed by atoms with Crippen LogP contribution in [0.2, 0.25) is 0 Å². The Morgan fingerprint density at radius 1 is 1.00 bits per heavy atom. The fourth-order valence-corrected chi connectivity index (χ4v) is 1.51. The lowest BCUT2D eigenvalue weighted by Crippen LogP contribution is -2.08. The monoisotopic (exact) mass is 259 g/mol. The Labute approximate surface area is 109 Å². The van der Waals surface area contributed by atoms with Crippen molar-refractivity contribution in [2.24, 2.45) is 0 Å². The Morgan fingerprint density at radius 3 is 2.26 bits per heavy atom. The molecule has 0 atom stereocenters. The van der Waals surface area contributed by atoms with E-state index in [0.717, 1.165) is 18.2 Å². The van der Waals surface area contributed by atoms with Gasteiger partial charge < -0.3 is 5.32 Å². The van der Waals surface area contributed by atoms with E-state index in [4.69, 9.17) is 0 Å². The standard InChI is InChI=1S/C15H11F2NO/c16-12-8-6-11(7-9-12)14(17)10-15(19)18-13-4-2-1-3-5-13/h1-10H,(H,18,19)/b14-10+. The summed E-state index contributed by atoms with van der Waals surface area (Å²) >= 11 is 0. The van der Waals surface area contributed by atoms with Crippen LogP contribution in [0.25, 0.3) is 5.83 Å². The number of carbonyl (C=O) groups is 1. The lowest BCUT2D eigenvalue weighted by molar-refractivity contribution is -0.111. The number of nitrogens with one attached hydrogen (secondary N) is 1. The molecule has 19 heavy (non-hydrogen) atoms. The van der Waals surface area contributed by atoms with Crippen LogP contribution in [0.5, 0.6) is 0 Å². The maximum Gasteiger partial charge on any atom is 0.251 e. The summed E-state index contributed by atoms with van der Waals surface area (Å²) < 4.78 is 26.4. The molecule has 1 N–H and O–H groups in total. The highest BCUT2D eigenvalue weighted by atomic mass is 19.1. The predicted molar refractivity (Wildman–Crippen MR) is 70.6 cm³/mol. The minimum absolute atomic E-state index is 0.157. The zero-order valence-corrected chi connectivity index (χ0v) is 9.94. The second-order valence-corrected chi connectivity index (χ2v) is 3.85. The quantitative estimate of drug-likeness (QED) is 0.835. The van der Waals surface area contributed by atoms with Crippen molar-refractivity contribution < 1.29 is 13.6 Å². The SMILES string of the molecule is O=C(/C=C(/F)c1ccc(F)cc1)Nc1ccccc1. The van der Waals surface area contributed by atoms with E-state index in [1.165, 1.54) is 12.1 Å². The van der Waals surface area contributed by atoms with Gasteiger partial charge in [-0.1, -0.05) is 18.2 Å². The third-order valence-corrected chi connectivity index (χ3v) is 2.42. The average molecular weight is 259 g/mol. The molecule has 0 aromatic heterocycles. The third-order valence-electron chi connectivity index (χ3n) is 2.42. The van der Waals surface area contributed by atoms with Crippen LogP contribution in [0.4, 0.5) is 14.5 Å². The van der Waals surface area contributed by atoms with Crippen molar-refractivity contribution in [2.75, 3.05) is 5.32 Å². The van der Waals surface area contributed by atoms with E-state index in [2.05, 4.69) is 5.32 Å². The summed E-state index contributed by atoms with van der Waals surface area (Å²) in [6.45, 7) is 0. The number of halogens is 2. The largest absolute Gasteiger partial charge is 0.322 e. The minimum atomic E-state index is -0.714. The first-order valence-corrected chi connectivity index (χ1v) is 5.64. The number of rotatable bonds is 3. The van der Waals surface area contributed by atoms with Gasteiger partial charge in [-0.2, -0.15) is 0 Å². The van der Waals surface area contributed by atoms with Gasteiger partial charge in [-0.3, -0.25) is 4.79 Å². The highest BCUT2D eigenvalue weighted by Gasteiger charge is 2.04. The van der Waals surface area contributed by atoms with Gasteiger partial charge in [0, 0.05) is 17.3 Å².